The monoisotopic (exact) mass is 938 g/mol. The third-order valence-electron chi connectivity index (χ3n) is 16.9. The van der Waals surface area contributed by atoms with Gasteiger partial charge in [0.05, 0.1) is 17.6 Å². The van der Waals surface area contributed by atoms with Crippen LogP contribution in [0.2, 0.25) is 0 Å². The molecular formula is C66H59BN2O3. The summed E-state index contributed by atoms with van der Waals surface area (Å²) < 4.78 is 20.8. The van der Waals surface area contributed by atoms with Crippen LogP contribution in [0.15, 0.2) is 165 Å². The molecule has 14 rings (SSSR count). The van der Waals surface area contributed by atoms with E-state index >= 15 is 0 Å². The summed E-state index contributed by atoms with van der Waals surface area (Å²) >= 11 is 0. The summed E-state index contributed by atoms with van der Waals surface area (Å²) in [5, 5.41) is 5.53. The Labute approximate surface area is 422 Å². The summed E-state index contributed by atoms with van der Waals surface area (Å²) in [5.74, 6) is 0. The molecule has 0 spiro atoms. The van der Waals surface area contributed by atoms with Gasteiger partial charge in [0.25, 0.3) is 0 Å². The smallest absolute Gasteiger partial charge is 0.333 e. The first-order valence-electron chi connectivity index (χ1n) is 25.9. The van der Waals surface area contributed by atoms with Crippen molar-refractivity contribution in [1.29, 1.82) is 0 Å². The van der Waals surface area contributed by atoms with Crippen molar-refractivity contribution < 1.29 is 13.3 Å². The van der Waals surface area contributed by atoms with Gasteiger partial charge in [0.2, 0.25) is 0 Å². The van der Waals surface area contributed by atoms with Crippen LogP contribution in [-0.4, -0.2) is 6.85 Å². The van der Waals surface area contributed by atoms with Crippen LogP contribution in [0.25, 0.3) is 77.1 Å². The molecule has 3 aromatic heterocycles. The third-order valence-corrected chi connectivity index (χ3v) is 16.9. The zero-order valence-corrected chi connectivity index (χ0v) is 43.0. The van der Waals surface area contributed by atoms with Crippen molar-refractivity contribution in [3.05, 3.63) is 174 Å². The Bertz CT molecular complexity index is 4080. The summed E-state index contributed by atoms with van der Waals surface area (Å²) in [7, 11) is 0. The molecule has 5 nitrogen and oxygen atoms in total. The lowest BCUT2D eigenvalue weighted by molar-refractivity contribution is 0.332. The number of hydrogen-bond acceptors (Lipinski definition) is 5. The summed E-state index contributed by atoms with van der Waals surface area (Å²) in [5.41, 5.74) is 22.3. The van der Waals surface area contributed by atoms with Crippen LogP contribution in [0, 0.1) is 0 Å². The molecule has 0 bridgehead atoms. The Kier molecular flexibility index (Phi) is 8.79. The number of furan rings is 3. The molecule has 0 saturated carbocycles. The Balaban J connectivity index is 1.15. The van der Waals surface area contributed by atoms with Crippen LogP contribution >= 0.6 is 0 Å². The molecule has 1 aliphatic carbocycles. The second-order valence-corrected chi connectivity index (χ2v) is 24.4. The van der Waals surface area contributed by atoms with Crippen LogP contribution in [0.5, 0.6) is 0 Å². The molecule has 0 unspecified atom stereocenters. The van der Waals surface area contributed by atoms with Crippen LogP contribution in [0.4, 0.5) is 28.4 Å². The fraction of sp³-hybridized carbons (Fsp3) is 0.242. The lowest BCUT2D eigenvalue weighted by Crippen LogP contribution is -2.61. The van der Waals surface area contributed by atoms with Crippen molar-refractivity contribution in [2.24, 2.45) is 0 Å². The van der Waals surface area contributed by atoms with Crippen molar-refractivity contribution >= 4 is 101 Å². The van der Waals surface area contributed by atoms with Gasteiger partial charge in [-0.15, -0.1) is 0 Å². The molecule has 8 aromatic carbocycles. The zero-order valence-electron chi connectivity index (χ0n) is 43.0. The van der Waals surface area contributed by atoms with Crippen molar-refractivity contribution in [2.75, 3.05) is 9.71 Å². The molecule has 2 aliphatic heterocycles. The highest BCUT2D eigenvalue weighted by Gasteiger charge is 2.48. The maximum atomic E-state index is 7.28. The molecule has 0 amide bonds. The minimum Gasteiger partial charge on any atom is -0.464 e. The number of nitrogens with zero attached hydrogens (tertiary/aromatic N) is 2. The van der Waals surface area contributed by atoms with E-state index in [1.54, 1.807) is 0 Å². The van der Waals surface area contributed by atoms with Crippen molar-refractivity contribution in [1.82, 2.24) is 0 Å². The molecule has 3 aliphatic rings. The predicted octanol–water partition coefficient (Wildman–Crippen LogP) is 17.6. The van der Waals surface area contributed by atoms with E-state index in [1.165, 1.54) is 38.7 Å². The van der Waals surface area contributed by atoms with Crippen LogP contribution < -0.4 is 20.6 Å². The standard InChI is InChI=1S/C66H59BN2O3/c1-63(2,3)40-20-23-42(24-21-40)69-54-37-59-46(47-34-50-51(35-58(47)71-59)66(9,10)28-27-65(50,7)8)32-45(54)48-33-49-43-18-14-15-19-56(43)72-62(49)61-60(48)67(69)52-36-57-39(26-29-70-57)30-55(52)68(61)53-25-22-41(64(4,5)6)31-44(53)38-16-12-11-13-17-38/h11-26,29-37H,27-28H2,1-10H3. The Morgan fingerprint density at radius 3 is 1.92 bits per heavy atom. The molecule has 11 aromatic rings. The van der Waals surface area contributed by atoms with Crippen LogP contribution in [-0.2, 0) is 21.7 Å². The Morgan fingerprint density at radius 1 is 0.500 bits per heavy atom. The lowest BCUT2D eigenvalue weighted by atomic mass is 9.43. The first kappa shape index (κ1) is 43.4. The largest absolute Gasteiger partial charge is 0.464 e. The van der Waals surface area contributed by atoms with E-state index in [9.17, 15) is 0 Å². The van der Waals surface area contributed by atoms with E-state index < -0.39 is 0 Å². The maximum absolute atomic E-state index is 7.28. The highest BCUT2D eigenvalue weighted by molar-refractivity contribution is 6.94. The molecule has 0 saturated heterocycles. The maximum Gasteiger partial charge on any atom is 0.333 e. The van der Waals surface area contributed by atoms with Gasteiger partial charge < -0.3 is 23.0 Å². The third kappa shape index (κ3) is 6.20. The first-order chi connectivity index (χ1) is 34.4. The average Bonchev–Trinajstić information content (AvgIpc) is 4.08. The van der Waals surface area contributed by atoms with E-state index in [0.29, 0.717) is 0 Å². The topological polar surface area (TPSA) is 45.9 Å². The van der Waals surface area contributed by atoms with Gasteiger partial charge in [0.1, 0.15) is 22.3 Å². The van der Waals surface area contributed by atoms with E-state index in [-0.39, 0.29) is 28.5 Å². The normalized spacial score (nSPS) is 15.9. The fourth-order valence-corrected chi connectivity index (χ4v) is 12.7. The van der Waals surface area contributed by atoms with E-state index in [1.807, 2.05) is 6.26 Å². The second kappa shape index (κ2) is 14.6. The molecule has 0 radical (unpaired) electrons. The predicted molar refractivity (Wildman–Crippen MR) is 303 cm³/mol. The van der Waals surface area contributed by atoms with Gasteiger partial charge >= 0.3 is 6.85 Å². The molecule has 72 heavy (non-hydrogen) atoms. The van der Waals surface area contributed by atoms with Crippen LogP contribution in [0.1, 0.15) is 104 Å². The number of rotatable bonds is 3. The summed E-state index contributed by atoms with van der Waals surface area (Å²) in [6.45, 7) is 23.1. The van der Waals surface area contributed by atoms with E-state index in [4.69, 9.17) is 13.3 Å². The summed E-state index contributed by atoms with van der Waals surface area (Å²) in [6, 6.07) is 54.6. The number of para-hydroxylation sites is 1. The number of fused-ring (bicyclic) bond motifs is 13. The zero-order chi connectivity index (χ0) is 49.4. The number of anilines is 5. The molecular weight excluding hydrogens is 880 g/mol. The van der Waals surface area contributed by atoms with E-state index in [2.05, 4.69) is 225 Å². The lowest BCUT2D eigenvalue weighted by Gasteiger charge is -2.46. The average molecular weight is 939 g/mol. The number of benzene rings is 8. The van der Waals surface area contributed by atoms with Gasteiger partial charge in [-0.3, -0.25) is 0 Å². The SMILES string of the molecule is CC(C)(C)c1ccc(N2B3c4cc5occc5cc4N(c4ccc(C(C)(C)C)cc4-c4ccccc4)c4c3c(cc3c4oc4ccccc43)-c3cc4c(cc32)oc2cc3c(cc24)C(C)(C)CCC3(C)C)cc1. The summed E-state index contributed by atoms with van der Waals surface area (Å²) in [6.07, 6.45) is 4.11. The molecule has 0 N–H and O–H groups in total. The van der Waals surface area contributed by atoms with Gasteiger partial charge in [-0.25, -0.2) is 0 Å². The van der Waals surface area contributed by atoms with Gasteiger partial charge in [-0.2, -0.15) is 0 Å². The van der Waals surface area contributed by atoms with Crippen LogP contribution in [0.3, 0.4) is 0 Å². The molecule has 6 heteroatoms. The van der Waals surface area contributed by atoms with Gasteiger partial charge in [0.15, 0.2) is 5.58 Å². The molecule has 5 heterocycles. The Hall–Kier alpha value is -7.44. The molecule has 0 atom stereocenters. The highest BCUT2D eigenvalue weighted by Crippen LogP contribution is 2.55. The molecule has 0 fully saturated rings. The van der Waals surface area contributed by atoms with Crippen molar-refractivity contribution in [3.63, 3.8) is 0 Å². The van der Waals surface area contributed by atoms with Gasteiger partial charge in [-0.05, 0) is 152 Å². The minimum atomic E-state index is -0.286. The summed E-state index contributed by atoms with van der Waals surface area (Å²) in [4.78, 5) is 5.11. The second-order valence-electron chi connectivity index (χ2n) is 24.4. The van der Waals surface area contributed by atoms with Gasteiger partial charge in [0, 0.05) is 61.2 Å². The highest BCUT2D eigenvalue weighted by atomic mass is 16.3. The quantitative estimate of drug-likeness (QED) is 0.165. The fourth-order valence-electron chi connectivity index (χ4n) is 12.7. The Morgan fingerprint density at radius 2 is 1.17 bits per heavy atom. The molecule has 354 valence electrons. The van der Waals surface area contributed by atoms with Crippen molar-refractivity contribution in [2.45, 2.75) is 104 Å². The number of hydrogen-bond donors (Lipinski definition) is 0. The minimum absolute atomic E-state index is 0.0183. The first-order valence-corrected chi connectivity index (χ1v) is 25.9. The van der Waals surface area contributed by atoms with Crippen molar-refractivity contribution in [3.8, 4) is 22.3 Å². The van der Waals surface area contributed by atoms with Gasteiger partial charge in [-0.1, -0.05) is 136 Å². The van der Waals surface area contributed by atoms with E-state index in [0.717, 1.165) is 113 Å².